The standard InChI is InChI=1S/C20H18ClN3O/c21-17-5-1-14(2-6-17)13-19(20(22)25)24-18-7-3-15(4-8-18)16-9-11-23-12-10-16/h1-12,19,24H,13H2,(H2,22,25)/t19-/m1/s1. The number of aromatic nitrogens is 1. The maximum Gasteiger partial charge on any atom is 0.240 e. The summed E-state index contributed by atoms with van der Waals surface area (Å²) in [5.41, 5.74) is 9.56. The molecule has 0 saturated heterocycles. The third-order valence-electron chi connectivity index (χ3n) is 3.94. The van der Waals surface area contributed by atoms with Crippen LogP contribution >= 0.6 is 11.6 Å². The van der Waals surface area contributed by atoms with Crippen molar-refractivity contribution in [1.82, 2.24) is 4.98 Å². The Morgan fingerprint density at radius 2 is 1.56 bits per heavy atom. The van der Waals surface area contributed by atoms with Crippen LogP contribution < -0.4 is 11.1 Å². The van der Waals surface area contributed by atoms with Gasteiger partial charge in [0.2, 0.25) is 5.91 Å². The lowest BCUT2D eigenvalue weighted by atomic mass is 10.0. The molecule has 3 rings (SSSR count). The van der Waals surface area contributed by atoms with Crippen molar-refractivity contribution in [3.63, 3.8) is 0 Å². The number of hydrogen-bond donors (Lipinski definition) is 2. The van der Waals surface area contributed by atoms with Gasteiger partial charge in [-0.15, -0.1) is 0 Å². The summed E-state index contributed by atoms with van der Waals surface area (Å²) < 4.78 is 0. The van der Waals surface area contributed by atoms with Crippen LogP contribution in [0.2, 0.25) is 5.02 Å². The van der Waals surface area contributed by atoms with Crippen LogP contribution in [0.25, 0.3) is 11.1 Å². The van der Waals surface area contributed by atoms with Crippen LogP contribution in [0.3, 0.4) is 0 Å². The Labute approximate surface area is 151 Å². The fourth-order valence-electron chi connectivity index (χ4n) is 2.58. The molecule has 25 heavy (non-hydrogen) atoms. The highest BCUT2D eigenvalue weighted by Gasteiger charge is 2.16. The van der Waals surface area contributed by atoms with E-state index in [2.05, 4.69) is 10.3 Å². The molecule has 1 aromatic heterocycles. The third kappa shape index (κ3) is 4.58. The molecule has 0 spiro atoms. The first-order chi connectivity index (χ1) is 12.1. The Balaban J connectivity index is 1.72. The first-order valence-corrected chi connectivity index (χ1v) is 8.30. The van der Waals surface area contributed by atoms with Gasteiger partial charge in [-0.25, -0.2) is 0 Å². The van der Waals surface area contributed by atoms with Crippen molar-refractivity contribution >= 4 is 23.2 Å². The number of halogens is 1. The summed E-state index contributed by atoms with van der Waals surface area (Å²) in [5, 5.41) is 3.87. The molecular formula is C20H18ClN3O. The van der Waals surface area contributed by atoms with Crippen LogP contribution in [0.4, 0.5) is 5.69 Å². The van der Waals surface area contributed by atoms with E-state index in [9.17, 15) is 4.79 Å². The Morgan fingerprint density at radius 1 is 0.960 bits per heavy atom. The van der Waals surface area contributed by atoms with Crippen molar-refractivity contribution in [1.29, 1.82) is 0 Å². The van der Waals surface area contributed by atoms with E-state index in [4.69, 9.17) is 17.3 Å². The summed E-state index contributed by atoms with van der Waals surface area (Å²) in [6, 6.07) is 18.7. The molecule has 3 aromatic rings. The molecule has 4 nitrogen and oxygen atoms in total. The predicted molar refractivity (Wildman–Crippen MR) is 101 cm³/mol. The Hall–Kier alpha value is -2.85. The van der Waals surface area contributed by atoms with E-state index in [0.717, 1.165) is 22.4 Å². The van der Waals surface area contributed by atoms with Gasteiger partial charge in [0.05, 0.1) is 0 Å². The zero-order chi connectivity index (χ0) is 17.6. The molecule has 1 heterocycles. The summed E-state index contributed by atoms with van der Waals surface area (Å²) in [7, 11) is 0. The summed E-state index contributed by atoms with van der Waals surface area (Å²) in [4.78, 5) is 15.8. The largest absolute Gasteiger partial charge is 0.373 e. The summed E-state index contributed by atoms with van der Waals surface area (Å²) in [6.45, 7) is 0. The number of primary amides is 1. The number of rotatable bonds is 6. The quantitative estimate of drug-likeness (QED) is 0.707. The maximum absolute atomic E-state index is 11.8. The van der Waals surface area contributed by atoms with E-state index in [0.29, 0.717) is 11.4 Å². The Kier molecular flexibility index (Phi) is 5.31. The van der Waals surface area contributed by atoms with Gasteiger partial charge in [0.15, 0.2) is 0 Å². The van der Waals surface area contributed by atoms with E-state index in [1.807, 2.05) is 48.5 Å². The molecule has 0 unspecified atom stereocenters. The van der Waals surface area contributed by atoms with Gasteiger partial charge in [0.1, 0.15) is 6.04 Å². The predicted octanol–water partition coefficient (Wildman–Crippen LogP) is 3.91. The van der Waals surface area contributed by atoms with Crippen LogP contribution in [0.1, 0.15) is 5.56 Å². The number of amides is 1. The van der Waals surface area contributed by atoms with Gasteiger partial charge in [0.25, 0.3) is 0 Å². The zero-order valence-corrected chi connectivity index (χ0v) is 14.3. The average molecular weight is 352 g/mol. The zero-order valence-electron chi connectivity index (χ0n) is 13.5. The van der Waals surface area contributed by atoms with Crippen molar-refractivity contribution in [2.75, 3.05) is 5.32 Å². The number of pyridine rings is 1. The minimum absolute atomic E-state index is 0.395. The molecule has 5 heteroatoms. The number of anilines is 1. The van der Waals surface area contributed by atoms with E-state index >= 15 is 0 Å². The molecular weight excluding hydrogens is 334 g/mol. The molecule has 0 aliphatic heterocycles. The van der Waals surface area contributed by atoms with Crippen molar-refractivity contribution in [3.8, 4) is 11.1 Å². The first-order valence-electron chi connectivity index (χ1n) is 7.92. The van der Waals surface area contributed by atoms with E-state index in [-0.39, 0.29) is 0 Å². The molecule has 3 N–H and O–H groups in total. The molecule has 0 fully saturated rings. The normalized spacial score (nSPS) is 11.7. The molecule has 0 bridgehead atoms. The summed E-state index contributed by atoms with van der Waals surface area (Å²) in [5.74, 6) is -0.395. The average Bonchev–Trinajstić information content (AvgIpc) is 2.64. The van der Waals surface area contributed by atoms with E-state index < -0.39 is 11.9 Å². The number of nitrogens with zero attached hydrogens (tertiary/aromatic N) is 1. The third-order valence-corrected chi connectivity index (χ3v) is 4.19. The number of hydrogen-bond acceptors (Lipinski definition) is 3. The summed E-state index contributed by atoms with van der Waals surface area (Å²) in [6.07, 6.45) is 4.02. The number of benzene rings is 2. The molecule has 1 atom stereocenters. The topological polar surface area (TPSA) is 68.0 Å². The van der Waals surface area contributed by atoms with Crippen molar-refractivity contribution in [3.05, 3.63) is 83.6 Å². The van der Waals surface area contributed by atoms with Crippen molar-refractivity contribution in [2.24, 2.45) is 5.73 Å². The highest BCUT2D eigenvalue weighted by molar-refractivity contribution is 6.30. The van der Waals surface area contributed by atoms with Gasteiger partial charge in [0, 0.05) is 29.5 Å². The van der Waals surface area contributed by atoms with Crippen LogP contribution in [0.15, 0.2) is 73.1 Å². The lowest BCUT2D eigenvalue weighted by molar-refractivity contribution is -0.118. The van der Waals surface area contributed by atoms with Gasteiger partial charge >= 0.3 is 0 Å². The first kappa shape index (κ1) is 17.0. The smallest absolute Gasteiger partial charge is 0.240 e. The van der Waals surface area contributed by atoms with Gasteiger partial charge in [-0.1, -0.05) is 35.9 Å². The molecule has 0 aliphatic carbocycles. The van der Waals surface area contributed by atoms with Gasteiger partial charge in [-0.3, -0.25) is 9.78 Å². The van der Waals surface area contributed by atoms with E-state index in [1.165, 1.54) is 0 Å². The molecule has 0 saturated carbocycles. The monoisotopic (exact) mass is 351 g/mol. The van der Waals surface area contributed by atoms with Gasteiger partial charge < -0.3 is 11.1 Å². The number of nitrogens with two attached hydrogens (primary N) is 1. The number of carbonyl (C=O) groups is 1. The van der Waals surface area contributed by atoms with Crippen LogP contribution in [-0.2, 0) is 11.2 Å². The second-order valence-corrected chi connectivity index (χ2v) is 6.18. The van der Waals surface area contributed by atoms with Crippen molar-refractivity contribution in [2.45, 2.75) is 12.5 Å². The highest BCUT2D eigenvalue weighted by atomic mass is 35.5. The molecule has 1 amide bonds. The fraction of sp³-hybridized carbons (Fsp3) is 0.100. The Bertz CT molecular complexity index is 833. The molecule has 126 valence electrons. The molecule has 0 radical (unpaired) electrons. The van der Waals surface area contributed by atoms with Crippen LogP contribution in [-0.4, -0.2) is 16.9 Å². The van der Waals surface area contributed by atoms with E-state index in [1.54, 1.807) is 24.5 Å². The summed E-state index contributed by atoms with van der Waals surface area (Å²) >= 11 is 5.89. The minimum Gasteiger partial charge on any atom is -0.373 e. The number of carbonyl (C=O) groups excluding carboxylic acids is 1. The Morgan fingerprint density at radius 3 is 2.16 bits per heavy atom. The van der Waals surface area contributed by atoms with Gasteiger partial charge in [-0.2, -0.15) is 0 Å². The lowest BCUT2D eigenvalue weighted by Crippen LogP contribution is -2.37. The maximum atomic E-state index is 11.8. The molecule has 2 aromatic carbocycles. The van der Waals surface area contributed by atoms with Gasteiger partial charge in [-0.05, 0) is 53.1 Å². The second kappa shape index (κ2) is 7.81. The minimum atomic E-state index is -0.493. The second-order valence-electron chi connectivity index (χ2n) is 5.74. The van der Waals surface area contributed by atoms with Crippen LogP contribution in [0, 0.1) is 0 Å². The van der Waals surface area contributed by atoms with Crippen molar-refractivity contribution < 1.29 is 4.79 Å². The SMILES string of the molecule is NC(=O)[C@@H](Cc1ccc(Cl)cc1)Nc1ccc(-c2ccncc2)cc1. The highest BCUT2D eigenvalue weighted by Crippen LogP contribution is 2.21. The number of nitrogens with one attached hydrogen (secondary N) is 1. The van der Waals surface area contributed by atoms with Crippen LogP contribution in [0.5, 0.6) is 0 Å². The lowest BCUT2D eigenvalue weighted by Gasteiger charge is -2.17. The fourth-order valence-corrected chi connectivity index (χ4v) is 2.71. The molecule has 0 aliphatic rings.